The molecule has 0 amide bonds. The van der Waals surface area contributed by atoms with Crippen LogP contribution in [0.1, 0.15) is 13.3 Å². The smallest absolute Gasteiger partial charge is 0.307 e. The monoisotopic (exact) mass is 221 g/mol. The third-order valence-electron chi connectivity index (χ3n) is 2.44. The largest absolute Gasteiger partial charge is 0.481 e. The van der Waals surface area contributed by atoms with Crippen LogP contribution >= 0.6 is 0 Å². The van der Waals surface area contributed by atoms with Crippen LogP contribution in [0.2, 0.25) is 0 Å². The summed E-state index contributed by atoms with van der Waals surface area (Å²) in [6.45, 7) is 2.41. The lowest BCUT2D eigenvalue weighted by atomic mass is 9.92. The molecule has 0 bridgehead atoms. The second-order valence-electron chi connectivity index (χ2n) is 3.96. The molecule has 2 atom stereocenters. The van der Waals surface area contributed by atoms with Gasteiger partial charge in [0.25, 0.3) is 0 Å². The molecule has 6 heteroatoms. The quantitative estimate of drug-likeness (QED) is 0.711. The molecule has 1 aliphatic rings. The standard InChI is InChI=1S/C8H15NO4S/c1-6-3-7(8(10)11)5-9(4-6)14(2,12)13/h6-7H,3-5H2,1-2H3,(H,10,11). The number of hydrogen-bond acceptors (Lipinski definition) is 3. The Balaban J connectivity index is 2.78. The van der Waals surface area contributed by atoms with Crippen molar-refractivity contribution in [2.24, 2.45) is 11.8 Å². The van der Waals surface area contributed by atoms with Crippen LogP contribution in [-0.4, -0.2) is 43.1 Å². The summed E-state index contributed by atoms with van der Waals surface area (Å²) >= 11 is 0. The fourth-order valence-electron chi connectivity index (χ4n) is 1.75. The zero-order valence-electron chi connectivity index (χ0n) is 8.30. The Hall–Kier alpha value is -0.620. The molecule has 0 aromatic carbocycles. The van der Waals surface area contributed by atoms with Crippen LogP contribution in [0, 0.1) is 11.8 Å². The molecule has 1 aliphatic heterocycles. The lowest BCUT2D eigenvalue weighted by Gasteiger charge is -2.32. The predicted molar refractivity (Wildman–Crippen MR) is 51.3 cm³/mol. The Labute approximate surface area is 83.8 Å². The number of carboxylic acids is 1. The van der Waals surface area contributed by atoms with Crippen molar-refractivity contribution in [2.45, 2.75) is 13.3 Å². The first-order valence-corrected chi connectivity index (χ1v) is 6.33. The highest BCUT2D eigenvalue weighted by molar-refractivity contribution is 7.88. The summed E-state index contributed by atoms with van der Waals surface area (Å²) in [5.41, 5.74) is 0. The van der Waals surface area contributed by atoms with E-state index in [0.717, 1.165) is 6.26 Å². The Morgan fingerprint density at radius 3 is 2.43 bits per heavy atom. The molecule has 1 saturated heterocycles. The Bertz CT molecular complexity index is 324. The summed E-state index contributed by atoms with van der Waals surface area (Å²) < 4.78 is 23.7. The van der Waals surface area contributed by atoms with Gasteiger partial charge in [0.1, 0.15) is 0 Å². The molecule has 0 spiro atoms. The molecule has 0 radical (unpaired) electrons. The topological polar surface area (TPSA) is 74.7 Å². The van der Waals surface area contributed by atoms with Gasteiger partial charge in [-0.25, -0.2) is 12.7 Å². The van der Waals surface area contributed by atoms with E-state index in [9.17, 15) is 13.2 Å². The molecule has 1 fully saturated rings. The van der Waals surface area contributed by atoms with E-state index in [1.165, 1.54) is 4.31 Å². The van der Waals surface area contributed by atoms with E-state index in [4.69, 9.17) is 5.11 Å². The molecule has 0 aliphatic carbocycles. The number of carboxylic acid groups (broad SMARTS) is 1. The molecule has 14 heavy (non-hydrogen) atoms. The molecule has 2 unspecified atom stereocenters. The molecular weight excluding hydrogens is 206 g/mol. The normalized spacial score (nSPS) is 30.1. The van der Waals surface area contributed by atoms with Gasteiger partial charge in [0.15, 0.2) is 0 Å². The van der Waals surface area contributed by atoms with Gasteiger partial charge < -0.3 is 5.11 Å². The number of sulfonamides is 1. The maximum Gasteiger partial charge on any atom is 0.307 e. The molecule has 82 valence electrons. The van der Waals surface area contributed by atoms with Crippen molar-refractivity contribution >= 4 is 16.0 Å². The first-order chi connectivity index (χ1) is 6.30. The zero-order chi connectivity index (χ0) is 10.9. The van der Waals surface area contributed by atoms with E-state index in [2.05, 4.69) is 0 Å². The van der Waals surface area contributed by atoms with Crippen LogP contribution in [0.15, 0.2) is 0 Å². The van der Waals surface area contributed by atoms with E-state index in [0.29, 0.717) is 13.0 Å². The van der Waals surface area contributed by atoms with Crippen molar-refractivity contribution in [3.63, 3.8) is 0 Å². The molecule has 0 aromatic heterocycles. The number of rotatable bonds is 2. The maximum atomic E-state index is 11.2. The Kier molecular flexibility index (Phi) is 3.16. The van der Waals surface area contributed by atoms with Crippen molar-refractivity contribution in [3.05, 3.63) is 0 Å². The first-order valence-electron chi connectivity index (χ1n) is 4.48. The van der Waals surface area contributed by atoms with Crippen LogP contribution in [0.4, 0.5) is 0 Å². The van der Waals surface area contributed by atoms with Crippen molar-refractivity contribution in [1.82, 2.24) is 4.31 Å². The van der Waals surface area contributed by atoms with Gasteiger partial charge in [-0.05, 0) is 12.3 Å². The summed E-state index contributed by atoms with van der Waals surface area (Å²) in [7, 11) is -3.26. The summed E-state index contributed by atoms with van der Waals surface area (Å²) in [6.07, 6.45) is 1.67. The van der Waals surface area contributed by atoms with Gasteiger partial charge in [-0.3, -0.25) is 4.79 Å². The van der Waals surface area contributed by atoms with E-state index in [1.54, 1.807) is 0 Å². The Morgan fingerprint density at radius 2 is 2.00 bits per heavy atom. The third kappa shape index (κ3) is 2.68. The van der Waals surface area contributed by atoms with Gasteiger partial charge in [-0.1, -0.05) is 6.92 Å². The van der Waals surface area contributed by atoms with Crippen molar-refractivity contribution < 1.29 is 18.3 Å². The SMILES string of the molecule is CC1CC(C(=O)O)CN(S(C)(=O)=O)C1. The average Bonchev–Trinajstić information content (AvgIpc) is 2.01. The molecule has 0 aromatic rings. The summed E-state index contributed by atoms with van der Waals surface area (Å²) in [4.78, 5) is 10.8. The Morgan fingerprint density at radius 1 is 1.43 bits per heavy atom. The maximum absolute atomic E-state index is 11.2. The van der Waals surface area contributed by atoms with Gasteiger partial charge in [0.2, 0.25) is 10.0 Å². The second-order valence-corrected chi connectivity index (χ2v) is 5.94. The summed E-state index contributed by atoms with van der Waals surface area (Å²) in [5.74, 6) is -1.36. The van der Waals surface area contributed by atoms with Gasteiger partial charge in [-0.2, -0.15) is 0 Å². The number of hydrogen-bond donors (Lipinski definition) is 1. The lowest BCUT2D eigenvalue weighted by molar-refractivity contribution is -0.143. The highest BCUT2D eigenvalue weighted by atomic mass is 32.2. The molecule has 1 heterocycles. The third-order valence-corrected chi connectivity index (χ3v) is 3.68. The lowest BCUT2D eigenvalue weighted by Crippen LogP contribution is -2.45. The van der Waals surface area contributed by atoms with E-state index < -0.39 is 21.9 Å². The van der Waals surface area contributed by atoms with Gasteiger partial charge in [-0.15, -0.1) is 0 Å². The fraction of sp³-hybridized carbons (Fsp3) is 0.875. The first kappa shape index (κ1) is 11.5. The zero-order valence-corrected chi connectivity index (χ0v) is 9.12. The molecule has 5 nitrogen and oxygen atoms in total. The summed E-state index contributed by atoms with van der Waals surface area (Å²) in [5, 5.41) is 8.82. The van der Waals surface area contributed by atoms with Crippen LogP contribution in [-0.2, 0) is 14.8 Å². The van der Waals surface area contributed by atoms with Gasteiger partial charge in [0.05, 0.1) is 12.2 Å². The number of piperidine rings is 1. The highest BCUT2D eigenvalue weighted by Crippen LogP contribution is 2.23. The number of carbonyl (C=O) groups is 1. The van der Waals surface area contributed by atoms with E-state index >= 15 is 0 Å². The van der Waals surface area contributed by atoms with E-state index in [1.807, 2.05) is 6.92 Å². The second kappa shape index (κ2) is 3.86. The van der Waals surface area contributed by atoms with Gasteiger partial charge >= 0.3 is 5.97 Å². The minimum Gasteiger partial charge on any atom is -0.481 e. The van der Waals surface area contributed by atoms with Crippen LogP contribution < -0.4 is 0 Å². The highest BCUT2D eigenvalue weighted by Gasteiger charge is 2.33. The number of aliphatic carboxylic acids is 1. The number of nitrogens with zero attached hydrogens (tertiary/aromatic N) is 1. The van der Waals surface area contributed by atoms with Crippen LogP contribution in [0.25, 0.3) is 0 Å². The van der Waals surface area contributed by atoms with E-state index in [-0.39, 0.29) is 12.5 Å². The van der Waals surface area contributed by atoms with Gasteiger partial charge in [0, 0.05) is 13.1 Å². The minimum atomic E-state index is -3.26. The molecule has 0 saturated carbocycles. The molecule has 1 rings (SSSR count). The summed E-state index contributed by atoms with van der Waals surface area (Å²) in [6, 6.07) is 0. The van der Waals surface area contributed by atoms with Crippen molar-refractivity contribution in [1.29, 1.82) is 0 Å². The van der Waals surface area contributed by atoms with Crippen LogP contribution in [0.5, 0.6) is 0 Å². The molecular formula is C8H15NO4S. The van der Waals surface area contributed by atoms with Crippen molar-refractivity contribution in [2.75, 3.05) is 19.3 Å². The average molecular weight is 221 g/mol. The fourth-order valence-corrected chi connectivity index (χ4v) is 2.73. The van der Waals surface area contributed by atoms with Crippen LogP contribution in [0.3, 0.4) is 0 Å². The molecule has 1 N–H and O–H groups in total. The minimum absolute atomic E-state index is 0.110. The predicted octanol–water partition coefficient (Wildman–Crippen LogP) is -0.0114. The van der Waals surface area contributed by atoms with Crippen molar-refractivity contribution in [3.8, 4) is 0 Å².